The van der Waals surface area contributed by atoms with E-state index in [2.05, 4.69) is 0 Å². The molecule has 0 radical (unpaired) electrons. The average Bonchev–Trinajstić information content (AvgIpc) is 3.58. The zero-order chi connectivity index (χ0) is 29.9. The summed E-state index contributed by atoms with van der Waals surface area (Å²) in [6.07, 6.45) is 3.77. The van der Waals surface area contributed by atoms with Gasteiger partial charge in [-0.2, -0.15) is 5.10 Å². The van der Waals surface area contributed by atoms with Gasteiger partial charge in [-0.25, -0.2) is 14.5 Å². The molecule has 8 nitrogen and oxygen atoms in total. The van der Waals surface area contributed by atoms with E-state index in [9.17, 15) is 9.59 Å². The van der Waals surface area contributed by atoms with Gasteiger partial charge in [-0.1, -0.05) is 59.9 Å². The number of esters is 1. The Morgan fingerprint density at radius 1 is 0.953 bits per heavy atom. The first-order valence-electron chi connectivity index (χ1n) is 14.1. The normalized spacial score (nSPS) is 14.8. The molecule has 5 aromatic rings. The maximum atomic E-state index is 14.1. The van der Waals surface area contributed by atoms with Gasteiger partial charge < -0.3 is 9.47 Å². The molecule has 0 bridgehead atoms. The molecule has 0 aliphatic carbocycles. The number of thiazole rings is 1. The predicted octanol–water partition coefficient (Wildman–Crippen LogP) is 5.05. The summed E-state index contributed by atoms with van der Waals surface area (Å²) in [5.74, 6) is 0.297. The first-order chi connectivity index (χ1) is 21.0. The molecule has 43 heavy (non-hydrogen) atoms. The number of carbonyl (C=O) groups excluding carboxylic acids is 1. The number of ether oxygens (including phenoxy) is 2. The highest BCUT2D eigenvalue weighted by molar-refractivity contribution is 7.07. The van der Waals surface area contributed by atoms with Crippen LogP contribution >= 0.6 is 11.3 Å². The molecule has 3 aromatic carbocycles. The second kappa shape index (κ2) is 12.1. The molecule has 0 amide bonds. The van der Waals surface area contributed by atoms with Crippen LogP contribution in [0.5, 0.6) is 5.75 Å². The van der Waals surface area contributed by atoms with Gasteiger partial charge in [0.15, 0.2) is 4.80 Å². The average molecular weight is 591 g/mol. The molecular formula is C34H30N4O4S. The van der Waals surface area contributed by atoms with Gasteiger partial charge in [-0.3, -0.25) is 9.36 Å². The molecule has 6 rings (SSSR count). The lowest BCUT2D eigenvalue weighted by Gasteiger charge is -2.24. The van der Waals surface area contributed by atoms with E-state index in [1.807, 2.05) is 109 Å². The Bertz CT molecular complexity index is 1990. The van der Waals surface area contributed by atoms with Crippen molar-refractivity contribution in [2.75, 3.05) is 13.2 Å². The Labute approximate surface area is 252 Å². The minimum absolute atomic E-state index is 0.223. The van der Waals surface area contributed by atoms with Gasteiger partial charge in [0, 0.05) is 17.3 Å². The molecule has 0 saturated heterocycles. The number of rotatable bonds is 8. The maximum Gasteiger partial charge on any atom is 0.338 e. The minimum Gasteiger partial charge on any atom is -0.494 e. The van der Waals surface area contributed by atoms with Crippen molar-refractivity contribution in [3.05, 3.63) is 133 Å². The number of carbonyl (C=O) groups is 1. The smallest absolute Gasteiger partial charge is 0.338 e. The van der Waals surface area contributed by atoms with Crippen LogP contribution in [0.4, 0.5) is 0 Å². The van der Waals surface area contributed by atoms with Crippen LogP contribution in [0.1, 0.15) is 37.9 Å². The third kappa shape index (κ3) is 5.47. The van der Waals surface area contributed by atoms with Crippen molar-refractivity contribution in [3.63, 3.8) is 0 Å². The summed E-state index contributed by atoms with van der Waals surface area (Å²) in [7, 11) is 0. The largest absolute Gasteiger partial charge is 0.494 e. The molecule has 3 heterocycles. The zero-order valence-corrected chi connectivity index (χ0v) is 24.9. The molecule has 0 fully saturated rings. The fourth-order valence-corrected chi connectivity index (χ4v) is 6.23. The highest BCUT2D eigenvalue weighted by atomic mass is 32.1. The van der Waals surface area contributed by atoms with Crippen LogP contribution in [0.3, 0.4) is 0 Å². The molecule has 216 valence electrons. The maximum absolute atomic E-state index is 14.1. The van der Waals surface area contributed by atoms with Crippen molar-refractivity contribution in [1.29, 1.82) is 0 Å². The van der Waals surface area contributed by atoms with Gasteiger partial charge in [0.05, 0.1) is 40.7 Å². The second-order valence-electron chi connectivity index (χ2n) is 9.88. The second-order valence-corrected chi connectivity index (χ2v) is 10.9. The molecule has 0 unspecified atom stereocenters. The summed E-state index contributed by atoms with van der Waals surface area (Å²) >= 11 is 1.29. The third-order valence-electron chi connectivity index (χ3n) is 7.12. The SMILES string of the molecule is CCOC(=O)C1=C(C)N=c2s/c(=C/c3cn(-c4ccccc4)nc3-c3ccc(OCC)cc3)c(=O)n2[C@@H]1c1ccccc1. The van der Waals surface area contributed by atoms with E-state index in [4.69, 9.17) is 19.6 Å². The van der Waals surface area contributed by atoms with E-state index in [1.54, 1.807) is 18.4 Å². The van der Waals surface area contributed by atoms with E-state index >= 15 is 0 Å². The molecule has 0 spiro atoms. The molecule has 0 N–H and O–H groups in total. The molecule has 1 aliphatic rings. The molecule has 2 aromatic heterocycles. The monoisotopic (exact) mass is 590 g/mol. The van der Waals surface area contributed by atoms with Crippen molar-refractivity contribution in [2.45, 2.75) is 26.8 Å². The molecular weight excluding hydrogens is 560 g/mol. The molecule has 1 aliphatic heterocycles. The Hall–Kier alpha value is -5.02. The zero-order valence-electron chi connectivity index (χ0n) is 24.1. The van der Waals surface area contributed by atoms with E-state index in [1.165, 1.54) is 11.3 Å². The lowest BCUT2D eigenvalue weighted by molar-refractivity contribution is -0.139. The lowest BCUT2D eigenvalue weighted by atomic mass is 9.96. The van der Waals surface area contributed by atoms with Crippen molar-refractivity contribution in [1.82, 2.24) is 14.3 Å². The van der Waals surface area contributed by atoms with Crippen LogP contribution in [0.25, 0.3) is 23.0 Å². The van der Waals surface area contributed by atoms with Gasteiger partial charge in [0.1, 0.15) is 11.4 Å². The van der Waals surface area contributed by atoms with Crippen LogP contribution in [0.15, 0.2) is 112 Å². The third-order valence-corrected chi connectivity index (χ3v) is 8.10. The number of hydrogen-bond acceptors (Lipinski definition) is 7. The number of benzene rings is 3. The van der Waals surface area contributed by atoms with Crippen molar-refractivity contribution in [2.24, 2.45) is 4.99 Å². The Balaban J connectivity index is 1.53. The van der Waals surface area contributed by atoms with Crippen LogP contribution in [-0.4, -0.2) is 33.5 Å². The van der Waals surface area contributed by atoms with E-state index in [0.717, 1.165) is 33.8 Å². The van der Waals surface area contributed by atoms with Crippen LogP contribution in [0, 0.1) is 0 Å². The summed E-state index contributed by atoms with van der Waals surface area (Å²) < 4.78 is 14.9. The number of aromatic nitrogens is 3. The number of allylic oxidation sites excluding steroid dienone is 1. The van der Waals surface area contributed by atoms with Gasteiger partial charge in [-0.15, -0.1) is 0 Å². The van der Waals surface area contributed by atoms with Crippen LogP contribution in [-0.2, 0) is 9.53 Å². The lowest BCUT2D eigenvalue weighted by Crippen LogP contribution is -2.39. The number of nitrogens with zero attached hydrogens (tertiary/aromatic N) is 4. The van der Waals surface area contributed by atoms with Crippen molar-refractivity contribution >= 4 is 23.4 Å². The standard InChI is InChI=1S/C34H30N4O4S/c1-4-41-27-18-16-23(17-19-27)30-25(21-37(36-30)26-14-10-7-11-15-26)20-28-32(39)38-31(24-12-8-6-9-13-24)29(33(40)42-5-2)22(3)35-34(38)43-28/h6-21,31H,4-5H2,1-3H3/b28-20+/t31-/m1/s1. The quantitative estimate of drug-likeness (QED) is 0.236. The number of fused-ring (bicyclic) bond motifs is 1. The predicted molar refractivity (Wildman–Crippen MR) is 167 cm³/mol. The Morgan fingerprint density at radius 2 is 1.65 bits per heavy atom. The highest BCUT2D eigenvalue weighted by Crippen LogP contribution is 2.31. The number of para-hydroxylation sites is 1. The van der Waals surface area contributed by atoms with Gasteiger partial charge in [-0.05, 0) is 68.8 Å². The first kappa shape index (κ1) is 28.1. The fraction of sp³-hybridized carbons (Fsp3) is 0.176. The minimum atomic E-state index is -0.656. The van der Waals surface area contributed by atoms with Gasteiger partial charge in [0.25, 0.3) is 5.56 Å². The van der Waals surface area contributed by atoms with Gasteiger partial charge >= 0.3 is 5.97 Å². The van der Waals surface area contributed by atoms with E-state index < -0.39 is 12.0 Å². The Morgan fingerprint density at radius 3 is 2.33 bits per heavy atom. The molecule has 9 heteroatoms. The van der Waals surface area contributed by atoms with E-state index in [-0.39, 0.29) is 12.2 Å². The fourth-order valence-electron chi connectivity index (χ4n) is 5.19. The van der Waals surface area contributed by atoms with Crippen LogP contribution < -0.4 is 19.6 Å². The van der Waals surface area contributed by atoms with Gasteiger partial charge in [0.2, 0.25) is 0 Å². The molecule has 1 atom stereocenters. The van der Waals surface area contributed by atoms with Crippen molar-refractivity contribution in [3.8, 4) is 22.7 Å². The molecule has 0 saturated carbocycles. The first-order valence-corrected chi connectivity index (χ1v) is 14.9. The summed E-state index contributed by atoms with van der Waals surface area (Å²) in [6.45, 7) is 6.30. The van der Waals surface area contributed by atoms with Crippen molar-refractivity contribution < 1.29 is 14.3 Å². The number of hydrogen-bond donors (Lipinski definition) is 0. The van der Waals surface area contributed by atoms with Crippen LogP contribution in [0.2, 0.25) is 0 Å². The summed E-state index contributed by atoms with van der Waals surface area (Å²) in [5, 5.41) is 4.91. The Kier molecular flexibility index (Phi) is 7.89. The van der Waals surface area contributed by atoms with E-state index in [0.29, 0.717) is 27.2 Å². The highest BCUT2D eigenvalue weighted by Gasteiger charge is 2.33. The summed E-state index contributed by atoms with van der Waals surface area (Å²) in [5.41, 5.74) is 4.74. The topological polar surface area (TPSA) is 87.7 Å². The summed E-state index contributed by atoms with van der Waals surface area (Å²) in [6, 6.07) is 26.4. The summed E-state index contributed by atoms with van der Waals surface area (Å²) in [4.78, 5) is 32.5.